The highest BCUT2D eigenvalue weighted by Crippen LogP contribution is 2.39. The molecule has 0 bridgehead atoms. The topological polar surface area (TPSA) is 40.5 Å². The Morgan fingerprint density at radius 2 is 1.50 bits per heavy atom. The van der Waals surface area contributed by atoms with Gasteiger partial charge < -0.3 is 10.0 Å². The van der Waals surface area contributed by atoms with Crippen LogP contribution in [0.3, 0.4) is 0 Å². The van der Waals surface area contributed by atoms with Gasteiger partial charge in [0.15, 0.2) is 0 Å². The van der Waals surface area contributed by atoms with Gasteiger partial charge in [0.2, 0.25) is 0 Å². The van der Waals surface area contributed by atoms with Crippen LogP contribution in [0, 0.1) is 17.3 Å². The average molecular weight is 283 g/mol. The van der Waals surface area contributed by atoms with E-state index in [1.807, 2.05) is 0 Å². The third-order valence-electron chi connectivity index (χ3n) is 4.59. The summed E-state index contributed by atoms with van der Waals surface area (Å²) < 4.78 is 0. The van der Waals surface area contributed by atoms with Gasteiger partial charge in [-0.1, -0.05) is 40.5 Å². The molecule has 0 saturated heterocycles. The summed E-state index contributed by atoms with van der Waals surface area (Å²) in [4.78, 5) is 14.1. The zero-order valence-corrected chi connectivity index (χ0v) is 13.8. The number of carboxylic acid groups (broad SMARTS) is 1. The summed E-state index contributed by atoms with van der Waals surface area (Å²) >= 11 is 0. The van der Waals surface area contributed by atoms with Crippen molar-refractivity contribution in [3.05, 3.63) is 0 Å². The van der Waals surface area contributed by atoms with Gasteiger partial charge in [0.05, 0.1) is 5.41 Å². The first-order valence-corrected chi connectivity index (χ1v) is 8.31. The lowest BCUT2D eigenvalue weighted by molar-refractivity contribution is -0.150. The van der Waals surface area contributed by atoms with E-state index in [0.717, 1.165) is 58.2 Å². The maximum atomic E-state index is 11.7. The Bertz CT molecular complexity index is 281. The minimum atomic E-state index is -0.575. The Labute approximate surface area is 124 Å². The van der Waals surface area contributed by atoms with Gasteiger partial charge in [0.25, 0.3) is 0 Å². The zero-order chi connectivity index (χ0) is 15.2. The molecule has 0 aromatic heterocycles. The van der Waals surface area contributed by atoms with E-state index in [0.29, 0.717) is 11.8 Å². The Morgan fingerprint density at radius 1 is 1.05 bits per heavy atom. The van der Waals surface area contributed by atoms with E-state index in [2.05, 4.69) is 32.6 Å². The molecule has 0 amide bonds. The van der Waals surface area contributed by atoms with Crippen molar-refractivity contribution in [2.45, 2.75) is 66.2 Å². The minimum absolute atomic E-state index is 0.464. The Hall–Kier alpha value is -0.570. The fraction of sp³-hybridized carbons (Fsp3) is 0.941. The first-order valence-electron chi connectivity index (χ1n) is 8.31. The molecule has 0 aromatic rings. The number of hydrogen-bond donors (Lipinski definition) is 1. The fourth-order valence-electron chi connectivity index (χ4n) is 3.07. The second kappa shape index (κ2) is 8.02. The van der Waals surface area contributed by atoms with Gasteiger partial charge in [0, 0.05) is 6.54 Å². The number of nitrogens with zero attached hydrogens (tertiary/aromatic N) is 1. The smallest absolute Gasteiger partial charge is 0.310 e. The van der Waals surface area contributed by atoms with E-state index in [1.54, 1.807) is 0 Å². The normalized spacial score (nSPS) is 18.4. The maximum absolute atomic E-state index is 11.7. The van der Waals surface area contributed by atoms with Crippen LogP contribution in [0.4, 0.5) is 0 Å². The third-order valence-corrected chi connectivity index (χ3v) is 4.59. The zero-order valence-electron chi connectivity index (χ0n) is 13.8. The van der Waals surface area contributed by atoms with Crippen molar-refractivity contribution in [1.29, 1.82) is 0 Å². The van der Waals surface area contributed by atoms with Crippen LogP contribution in [0.15, 0.2) is 0 Å². The molecule has 1 aliphatic rings. The molecule has 1 N–H and O–H groups in total. The Balaban J connectivity index is 2.63. The van der Waals surface area contributed by atoms with Gasteiger partial charge in [-0.2, -0.15) is 0 Å². The van der Waals surface area contributed by atoms with Gasteiger partial charge in [0.1, 0.15) is 0 Å². The van der Waals surface area contributed by atoms with E-state index in [4.69, 9.17) is 0 Å². The number of carbonyl (C=O) groups is 1. The van der Waals surface area contributed by atoms with Crippen LogP contribution in [0.25, 0.3) is 0 Å². The molecule has 1 fully saturated rings. The lowest BCUT2D eigenvalue weighted by Gasteiger charge is -2.33. The Morgan fingerprint density at radius 3 is 1.85 bits per heavy atom. The number of hydrogen-bond acceptors (Lipinski definition) is 2. The van der Waals surface area contributed by atoms with Gasteiger partial charge in [-0.05, 0) is 50.6 Å². The molecule has 1 rings (SSSR count). The lowest BCUT2D eigenvalue weighted by atomic mass is 9.85. The SMILES string of the molecule is CC(C)CCN(CCC(C)C)CC1(C(=O)O)CCCC1. The average Bonchev–Trinajstić information content (AvgIpc) is 2.82. The van der Waals surface area contributed by atoms with Gasteiger partial charge in [-0.25, -0.2) is 0 Å². The van der Waals surface area contributed by atoms with E-state index in [1.165, 1.54) is 0 Å². The molecular formula is C17H33NO2. The van der Waals surface area contributed by atoms with E-state index in [-0.39, 0.29) is 0 Å². The van der Waals surface area contributed by atoms with Crippen LogP contribution in [0.5, 0.6) is 0 Å². The third kappa shape index (κ3) is 5.43. The van der Waals surface area contributed by atoms with E-state index < -0.39 is 11.4 Å². The summed E-state index contributed by atoms with van der Waals surface area (Å²) in [5.74, 6) is 0.788. The summed E-state index contributed by atoms with van der Waals surface area (Å²) in [6.45, 7) is 11.8. The number of rotatable bonds is 9. The molecule has 3 heteroatoms. The predicted molar refractivity (Wildman–Crippen MR) is 83.9 cm³/mol. The number of carboxylic acids is 1. The lowest BCUT2D eigenvalue weighted by Crippen LogP contribution is -2.42. The first kappa shape index (κ1) is 17.5. The highest BCUT2D eigenvalue weighted by Gasteiger charge is 2.42. The highest BCUT2D eigenvalue weighted by molar-refractivity contribution is 5.75. The van der Waals surface area contributed by atoms with Crippen molar-refractivity contribution in [2.24, 2.45) is 17.3 Å². The minimum Gasteiger partial charge on any atom is -0.481 e. The second-order valence-corrected chi connectivity index (χ2v) is 7.43. The van der Waals surface area contributed by atoms with Gasteiger partial charge >= 0.3 is 5.97 Å². The summed E-state index contributed by atoms with van der Waals surface area (Å²) in [7, 11) is 0. The summed E-state index contributed by atoms with van der Waals surface area (Å²) in [6.07, 6.45) is 6.20. The van der Waals surface area contributed by atoms with E-state index in [9.17, 15) is 9.90 Å². The van der Waals surface area contributed by atoms with Crippen molar-refractivity contribution in [1.82, 2.24) is 4.90 Å². The molecular weight excluding hydrogens is 250 g/mol. The van der Waals surface area contributed by atoms with Crippen molar-refractivity contribution < 1.29 is 9.90 Å². The van der Waals surface area contributed by atoms with Crippen LogP contribution >= 0.6 is 0 Å². The molecule has 1 aliphatic carbocycles. The molecule has 0 aromatic carbocycles. The second-order valence-electron chi connectivity index (χ2n) is 7.43. The molecule has 3 nitrogen and oxygen atoms in total. The largest absolute Gasteiger partial charge is 0.481 e. The Kier molecular flexibility index (Phi) is 7.01. The van der Waals surface area contributed by atoms with Crippen LogP contribution < -0.4 is 0 Å². The van der Waals surface area contributed by atoms with Gasteiger partial charge in [-0.15, -0.1) is 0 Å². The first-order chi connectivity index (χ1) is 9.35. The molecule has 0 unspecified atom stereocenters. The number of aliphatic carboxylic acids is 1. The van der Waals surface area contributed by atoms with Crippen molar-refractivity contribution in [3.8, 4) is 0 Å². The van der Waals surface area contributed by atoms with Crippen molar-refractivity contribution in [3.63, 3.8) is 0 Å². The molecule has 0 atom stereocenters. The standard InChI is InChI=1S/C17H33NO2/c1-14(2)7-11-18(12-8-15(3)4)13-17(16(19)20)9-5-6-10-17/h14-15H,5-13H2,1-4H3,(H,19,20). The summed E-state index contributed by atoms with van der Waals surface area (Å²) in [6, 6.07) is 0. The van der Waals surface area contributed by atoms with Crippen LogP contribution in [0.2, 0.25) is 0 Å². The molecule has 0 aliphatic heterocycles. The molecule has 0 heterocycles. The van der Waals surface area contributed by atoms with E-state index >= 15 is 0 Å². The quantitative estimate of drug-likeness (QED) is 0.694. The van der Waals surface area contributed by atoms with Crippen LogP contribution in [-0.2, 0) is 4.79 Å². The van der Waals surface area contributed by atoms with Crippen LogP contribution in [0.1, 0.15) is 66.2 Å². The van der Waals surface area contributed by atoms with Crippen LogP contribution in [-0.4, -0.2) is 35.6 Å². The summed E-state index contributed by atoms with van der Waals surface area (Å²) in [5, 5.41) is 9.64. The molecule has 118 valence electrons. The molecule has 20 heavy (non-hydrogen) atoms. The van der Waals surface area contributed by atoms with Gasteiger partial charge in [-0.3, -0.25) is 4.79 Å². The highest BCUT2D eigenvalue weighted by atomic mass is 16.4. The molecule has 0 radical (unpaired) electrons. The fourth-order valence-corrected chi connectivity index (χ4v) is 3.07. The van der Waals surface area contributed by atoms with Crippen molar-refractivity contribution in [2.75, 3.05) is 19.6 Å². The molecule has 0 spiro atoms. The maximum Gasteiger partial charge on any atom is 0.310 e. The summed E-state index contributed by atoms with van der Waals surface area (Å²) in [5.41, 5.74) is -0.464. The molecule has 1 saturated carbocycles. The predicted octanol–water partition coefficient (Wildman–Crippen LogP) is 4.03. The monoisotopic (exact) mass is 283 g/mol. The van der Waals surface area contributed by atoms with Crippen molar-refractivity contribution >= 4 is 5.97 Å².